The number of carboxylic acid groups (broad SMARTS) is 1. The zero-order valence-corrected chi connectivity index (χ0v) is 10.8. The number of ether oxygens (including phenoxy) is 1. The molecule has 0 aliphatic carbocycles. The predicted molar refractivity (Wildman–Crippen MR) is 61.3 cm³/mol. The minimum absolute atomic E-state index is 0.0746. The van der Waals surface area contributed by atoms with Gasteiger partial charge in [-0.15, -0.1) is 0 Å². The van der Waals surface area contributed by atoms with Crippen molar-refractivity contribution in [2.24, 2.45) is 10.5 Å². The zero-order valence-electron chi connectivity index (χ0n) is 10.8. The Labute approximate surface area is 105 Å². The van der Waals surface area contributed by atoms with Crippen LogP contribution in [-0.2, 0) is 19.2 Å². The normalized spacial score (nSPS) is 12.2. The molecule has 1 N–H and O–H groups in total. The van der Waals surface area contributed by atoms with Gasteiger partial charge in [0.2, 0.25) is 0 Å². The van der Waals surface area contributed by atoms with Gasteiger partial charge in [0.15, 0.2) is 0 Å². The lowest BCUT2D eigenvalue weighted by molar-refractivity contribution is -0.177. The average molecular weight is 261 g/mol. The molecule has 1 atom stereocenters. The highest BCUT2D eigenvalue weighted by molar-refractivity contribution is 5.68. The van der Waals surface area contributed by atoms with Gasteiger partial charge in [-0.2, -0.15) is 0 Å². The Kier molecular flexibility index (Phi) is 8.25. The largest absolute Gasteiger partial charge is 0.481 e. The van der Waals surface area contributed by atoms with E-state index in [1.54, 1.807) is 14.0 Å². The molecular weight excluding hydrogens is 242 g/mol. The lowest BCUT2D eigenvalue weighted by Gasteiger charge is -2.11. The second kappa shape index (κ2) is 9.20. The second-order valence-corrected chi connectivity index (χ2v) is 3.57. The molecule has 0 saturated heterocycles. The fourth-order valence-corrected chi connectivity index (χ4v) is 0.944. The van der Waals surface area contributed by atoms with E-state index in [4.69, 9.17) is 14.7 Å². The van der Waals surface area contributed by atoms with Crippen LogP contribution < -0.4 is 0 Å². The molecular formula is C10H19N3O5. The highest BCUT2D eigenvalue weighted by atomic mass is 16.8. The van der Waals surface area contributed by atoms with Gasteiger partial charge in [-0.05, 0) is 11.6 Å². The molecule has 0 spiro atoms. The van der Waals surface area contributed by atoms with E-state index < -0.39 is 12.3 Å². The number of hydrogen-bond acceptors (Lipinski definition) is 6. The Morgan fingerprint density at radius 3 is 2.67 bits per heavy atom. The van der Waals surface area contributed by atoms with Crippen LogP contribution in [0.1, 0.15) is 33.1 Å². The van der Waals surface area contributed by atoms with Gasteiger partial charge in [-0.1, -0.05) is 6.92 Å². The van der Waals surface area contributed by atoms with Gasteiger partial charge in [-0.25, -0.2) is 0 Å². The number of carbonyl (C=O) groups is 2. The lowest BCUT2D eigenvalue weighted by atomic mass is 10.3. The summed E-state index contributed by atoms with van der Waals surface area (Å²) in [5, 5.41) is 16.9. The summed E-state index contributed by atoms with van der Waals surface area (Å²) in [6.45, 7) is 3.64. The maximum atomic E-state index is 10.9. The number of esters is 1. The van der Waals surface area contributed by atoms with E-state index in [0.29, 0.717) is 13.0 Å². The van der Waals surface area contributed by atoms with Gasteiger partial charge in [-0.3, -0.25) is 14.6 Å². The van der Waals surface area contributed by atoms with Gasteiger partial charge < -0.3 is 14.7 Å². The van der Waals surface area contributed by atoms with Crippen LogP contribution in [0.5, 0.6) is 0 Å². The number of carboxylic acids is 1. The summed E-state index contributed by atoms with van der Waals surface area (Å²) in [7, 11) is 1.64. The second-order valence-electron chi connectivity index (χ2n) is 3.57. The number of hydrogen-bond donors (Lipinski definition) is 1. The van der Waals surface area contributed by atoms with Crippen molar-refractivity contribution in [2.75, 3.05) is 13.6 Å². The SMILES string of the molecule is CCC(=O)OC(C)O/N=N\N(C)CCCC(=O)O. The molecule has 0 bridgehead atoms. The maximum Gasteiger partial charge on any atom is 0.308 e. The van der Waals surface area contributed by atoms with Crippen molar-refractivity contribution < 1.29 is 24.3 Å². The number of carbonyl (C=O) groups excluding carboxylic acids is 1. The third-order valence-corrected chi connectivity index (χ3v) is 1.84. The van der Waals surface area contributed by atoms with Crippen LogP contribution in [0.25, 0.3) is 0 Å². The van der Waals surface area contributed by atoms with Gasteiger partial charge in [0.1, 0.15) is 0 Å². The minimum atomic E-state index is -0.850. The van der Waals surface area contributed by atoms with Crippen LogP contribution in [0.15, 0.2) is 10.5 Å². The third-order valence-electron chi connectivity index (χ3n) is 1.84. The smallest absolute Gasteiger partial charge is 0.308 e. The molecule has 8 nitrogen and oxygen atoms in total. The van der Waals surface area contributed by atoms with Crippen LogP contribution in [-0.4, -0.2) is 41.9 Å². The first kappa shape index (κ1) is 16.1. The summed E-state index contributed by atoms with van der Waals surface area (Å²) in [5.74, 6) is -1.23. The monoisotopic (exact) mass is 261 g/mol. The average Bonchev–Trinajstić information content (AvgIpc) is 2.28. The summed E-state index contributed by atoms with van der Waals surface area (Å²) in [5.41, 5.74) is 0. The third kappa shape index (κ3) is 9.37. The van der Waals surface area contributed by atoms with Crippen molar-refractivity contribution in [1.82, 2.24) is 5.01 Å². The summed E-state index contributed by atoms with van der Waals surface area (Å²) >= 11 is 0. The highest BCUT2D eigenvalue weighted by Crippen LogP contribution is 1.99. The Morgan fingerprint density at radius 1 is 1.44 bits per heavy atom. The van der Waals surface area contributed by atoms with Crippen LogP contribution >= 0.6 is 0 Å². The van der Waals surface area contributed by atoms with Crippen molar-refractivity contribution >= 4 is 11.9 Å². The Hall–Kier alpha value is -1.86. The zero-order chi connectivity index (χ0) is 14.0. The Bertz CT molecular complexity index is 295. The standard InChI is InChI=1S/C10H19N3O5/c1-4-10(16)17-8(2)18-12-11-13(3)7-5-6-9(14)15/h8H,4-7H2,1-3H3,(H,14,15)/b12-11-. The first-order valence-electron chi connectivity index (χ1n) is 5.64. The molecule has 104 valence electrons. The fraction of sp³-hybridized carbons (Fsp3) is 0.800. The van der Waals surface area contributed by atoms with E-state index in [1.165, 1.54) is 11.9 Å². The van der Waals surface area contributed by atoms with Crippen molar-refractivity contribution in [3.63, 3.8) is 0 Å². The van der Waals surface area contributed by atoms with Gasteiger partial charge in [0.05, 0.1) is 0 Å². The number of nitrogens with zero attached hydrogens (tertiary/aromatic N) is 3. The molecule has 0 aliphatic rings. The summed E-state index contributed by atoms with van der Waals surface area (Å²) in [6.07, 6.45) is 0.00440. The van der Waals surface area contributed by atoms with Crippen LogP contribution in [0.2, 0.25) is 0 Å². The molecule has 0 aliphatic heterocycles. The van der Waals surface area contributed by atoms with Gasteiger partial charge in [0, 0.05) is 38.6 Å². The minimum Gasteiger partial charge on any atom is -0.481 e. The van der Waals surface area contributed by atoms with E-state index in [2.05, 4.69) is 10.5 Å². The molecule has 0 rings (SSSR count). The molecule has 1 unspecified atom stereocenters. The van der Waals surface area contributed by atoms with Gasteiger partial charge in [0.25, 0.3) is 6.29 Å². The predicted octanol–water partition coefficient (Wildman–Crippen LogP) is 1.38. The molecule has 0 radical (unpaired) electrons. The maximum absolute atomic E-state index is 10.9. The molecule has 18 heavy (non-hydrogen) atoms. The molecule has 0 aromatic heterocycles. The van der Waals surface area contributed by atoms with E-state index in [-0.39, 0.29) is 18.8 Å². The lowest BCUT2D eigenvalue weighted by Crippen LogP contribution is -2.16. The fourth-order valence-electron chi connectivity index (χ4n) is 0.944. The summed E-state index contributed by atoms with van der Waals surface area (Å²) in [6, 6.07) is 0. The number of rotatable bonds is 9. The van der Waals surface area contributed by atoms with Crippen molar-refractivity contribution in [3.8, 4) is 0 Å². The molecule has 0 fully saturated rings. The van der Waals surface area contributed by atoms with E-state index in [0.717, 1.165) is 0 Å². The first-order chi connectivity index (χ1) is 8.45. The quantitative estimate of drug-likeness (QED) is 0.291. The molecule has 0 amide bonds. The van der Waals surface area contributed by atoms with Crippen molar-refractivity contribution in [2.45, 2.75) is 39.4 Å². The molecule has 8 heteroatoms. The molecule has 0 saturated carbocycles. The van der Waals surface area contributed by atoms with Gasteiger partial charge >= 0.3 is 11.9 Å². The molecule has 0 aromatic rings. The van der Waals surface area contributed by atoms with Crippen LogP contribution in [0.4, 0.5) is 0 Å². The molecule has 0 aromatic carbocycles. The number of aliphatic carboxylic acids is 1. The van der Waals surface area contributed by atoms with Crippen molar-refractivity contribution in [3.05, 3.63) is 0 Å². The van der Waals surface area contributed by atoms with Crippen molar-refractivity contribution in [1.29, 1.82) is 0 Å². The first-order valence-corrected chi connectivity index (χ1v) is 5.64. The highest BCUT2D eigenvalue weighted by Gasteiger charge is 2.07. The summed E-state index contributed by atoms with van der Waals surface area (Å²) in [4.78, 5) is 25.9. The molecule has 0 heterocycles. The Balaban J connectivity index is 3.73. The topological polar surface area (TPSA) is 101 Å². The van der Waals surface area contributed by atoms with Crippen LogP contribution in [0, 0.1) is 0 Å². The van der Waals surface area contributed by atoms with E-state index in [1.807, 2.05) is 0 Å². The summed E-state index contributed by atoms with van der Waals surface area (Å²) < 4.78 is 4.78. The van der Waals surface area contributed by atoms with Crippen LogP contribution in [0.3, 0.4) is 0 Å². The van der Waals surface area contributed by atoms with E-state index in [9.17, 15) is 9.59 Å². The van der Waals surface area contributed by atoms with E-state index >= 15 is 0 Å². The Morgan fingerprint density at radius 2 is 2.11 bits per heavy atom.